The van der Waals surface area contributed by atoms with Crippen molar-refractivity contribution in [3.63, 3.8) is 0 Å². The first-order valence-corrected chi connectivity index (χ1v) is 8.71. The highest BCUT2D eigenvalue weighted by Crippen LogP contribution is 2.27. The Hall–Kier alpha value is -3.07. The molecule has 146 valence electrons. The largest absolute Gasteiger partial charge is 0.433 e. The Labute approximate surface area is 165 Å². The predicted octanol–water partition coefficient (Wildman–Crippen LogP) is 4.79. The van der Waals surface area contributed by atoms with E-state index in [2.05, 4.69) is 20.5 Å². The lowest BCUT2D eigenvalue weighted by Crippen LogP contribution is -2.20. The summed E-state index contributed by atoms with van der Waals surface area (Å²) in [5, 5.41) is 10.2. The third-order valence-electron chi connectivity index (χ3n) is 3.74. The van der Waals surface area contributed by atoms with Gasteiger partial charge in [-0.05, 0) is 54.5 Å². The quantitative estimate of drug-likeness (QED) is 0.577. The second kappa shape index (κ2) is 8.75. The molecular formula is C19H17F3N4OS. The van der Waals surface area contributed by atoms with Crippen LogP contribution in [-0.2, 0) is 6.54 Å². The molecule has 0 radical (unpaired) electrons. The average Bonchev–Trinajstić information content (AvgIpc) is 3.05. The first kappa shape index (κ1) is 19.7. The van der Waals surface area contributed by atoms with Crippen molar-refractivity contribution in [1.29, 1.82) is 0 Å². The van der Waals surface area contributed by atoms with Crippen LogP contribution in [0.1, 0.15) is 11.1 Å². The van der Waals surface area contributed by atoms with Gasteiger partial charge in [0.25, 0.3) is 0 Å². The Balaban J connectivity index is 1.63. The Kier molecular flexibility index (Phi) is 6.15. The van der Waals surface area contributed by atoms with Gasteiger partial charge in [-0.3, -0.25) is 4.68 Å². The summed E-state index contributed by atoms with van der Waals surface area (Å²) in [7, 11) is 0. The van der Waals surface area contributed by atoms with E-state index in [1.807, 2.05) is 0 Å². The van der Waals surface area contributed by atoms with Gasteiger partial charge in [0.05, 0.1) is 12.2 Å². The van der Waals surface area contributed by atoms with Gasteiger partial charge in [-0.25, -0.2) is 4.39 Å². The van der Waals surface area contributed by atoms with E-state index in [1.165, 1.54) is 18.2 Å². The third-order valence-corrected chi connectivity index (χ3v) is 3.95. The van der Waals surface area contributed by atoms with E-state index in [0.717, 1.165) is 11.1 Å². The second-order valence-electron chi connectivity index (χ2n) is 5.98. The highest BCUT2D eigenvalue weighted by atomic mass is 32.1. The minimum absolute atomic E-state index is 0.000916. The summed E-state index contributed by atoms with van der Waals surface area (Å²) < 4.78 is 44.3. The van der Waals surface area contributed by atoms with Crippen LogP contribution in [0.15, 0.2) is 54.7 Å². The van der Waals surface area contributed by atoms with Gasteiger partial charge in [-0.1, -0.05) is 18.2 Å². The normalized spacial score (nSPS) is 10.8. The maximum absolute atomic E-state index is 13.0. The number of ether oxygens (including phenoxy) is 1. The lowest BCUT2D eigenvalue weighted by Gasteiger charge is -2.14. The molecule has 0 unspecified atom stereocenters. The van der Waals surface area contributed by atoms with Crippen LogP contribution in [0.3, 0.4) is 0 Å². The van der Waals surface area contributed by atoms with Gasteiger partial charge in [0.15, 0.2) is 10.9 Å². The lowest BCUT2D eigenvalue weighted by molar-refractivity contribution is -0.0493. The molecular weight excluding hydrogens is 389 g/mol. The molecule has 0 atom stereocenters. The van der Waals surface area contributed by atoms with Crippen LogP contribution >= 0.6 is 12.2 Å². The van der Waals surface area contributed by atoms with Gasteiger partial charge in [0.1, 0.15) is 11.6 Å². The summed E-state index contributed by atoms with van der Waals surface area (Å²) in [5.41, 5.74) is 1.99. The number of thiocarbonyl (C=S) groups is 1. The summed E-state index contributed by atoms with van der Waals surface area (Å²) in [6.07, 6.45) is 1.74. The molecule has 0 spiro atoms. The first-order valence-electron chi connectivity index (χ1n) is 8.30. The molecule has 0 fully saturated rings. The molecule has 0 saturated carbocycles. The molecule has 1 aromatic heterocycles. The molecule has 5 nitrogen and oxygen atoms in total. The van der Waals surface area contributed by atoms with Crippen molar-refractivity contribution in [3.05, 3.63) is 71.7 Å². The number of benzene rings is 2. The monoisotopic (exact) mass is 406 g/mol. The Morgan fingerprint density at radius 1 is 1.14 bits per heavy atom. The maximum Gasteiger partial charge on any atom is 0.387 e. The molecule has 0 amide bonds. The summed E-state index contributed by atoms with van der Waals surface area (Å²) in [6, 6.07) is 12.7. The highest BCUT2D eigenvalue weighted by Gasteiger charge is 2.12. The van der Waals surface area contributed by atoms with Crippen molar-refractivity contribution in [1.82, 2.24) is 9.78 Å². The average molecular weight is 406 g/mol. The van der Waals surface area contributed by atoms with E-state index in [1.54, 1.807) is 48.1 Å². The topological polar surface area (TPSA) is 51.1 Å². The molecule has 9 heteroatoms. The SMILES string of the molecule is Cc1ccc(NC(=S)Nc2ccn(Cc3ccc(F)cc3)n2)c(OC(F)F)c1. The summed E-state index contributed by atoms with van der Waals surface area (Å²) in [5.74, 6) is 0.179. The summed E-state index contributed by atoms with van der Waals surface area (Å²) in [4.78, 5) is 0. The first-order chi connectivity index (χ1) is 13.4. The molecule has 0 bridgehead atoms. The Bertz CT molecular complexity index is 960. The maximum atomic E-state index is 13.0. The number of hydrogen-bond donors (Lipinski definition) is 2. The van der Waals surface area contributed by atoms with Crippen LogP contribution < -0.4 is 15.4 Å². The van der Waals surface area contributed by atoms with Gasteiger partial charge < -0.3 is 15.4 Å². The van der Waals surface area contributed by atoms with Crippen LogP contribution in [0.2, 0.25) is 0 Å². The zero-order valence-corrected chi connectivity index (χ0v) is 15.6. The number of rotatable bonds is 6. The summed E-state index contributed by atoms with van der Waals surface area (Å²) in [6.45, 7) is -0.704. The fraction of sp³-hybridized carbons (Fsp3) is 0.158. The van der Waals surface area contributed by atoms with E-state index >= 15 is 0 Å². The predicted molar refractivity (Wildman–Crippen MR) is 105 cm³/mol. The lowest BCUT2D eigenvalue weighted by atomic mass is 10.2. The van der Waals surface area contributed by atoms with E-state index in [-0.39, 0.29) is 16.7 Å². The van der Waals surface area contributed by atoms with Crippen LogP contribution in [0, 0.1) is 12.7 Å². The van der Waals surface area contributed by atoms with Gasteiger partial charge >= 0.3 is 6.61 Å². The molecule has 3 aromatic rings. The van der Waals surface area contributed by atoms with Crippen molar-refractivity contribution in [2.45, 2.75) is 20.1 Å². The molecule has 0 saturated heterocycles. The van der Waals surface area contributed by atoms with Crippen molar-refractivity contribution in [2.24, 2.45) is 0 Å². The molecule has 0 aliphatic carbocycles. The standard InChI is InChI=1S/C19H17F3N4OS/c1-12-2-7-15(16(10-12)27-18(21)22)23-19(28)24-17-8-9-26(25-17)11-13-3-5-14(20)6-4-13/h2-10,18H,11H2,1H3,(H2,23,24,25,28). The number of hydrogen-bond acceptors (Lipinski definition) is 3. The Morgan fingerprint density at radius 3 is 2.61 bits per heavy atom. The number of halogens is 3. The number of anilines is 2. The molecule has 28 heavy (non-hydrogen) atoms. The van der Waals surface area contributed by atoms with Gasteiger partial charge in [-0.15, -0.1) is 0 Å². The van der Waals surface area contributed by atoms with Crippen molar-refractivity contribution < 1.29 is 17.9 Å². The number of aromatic nitrogens is 2. The zero-order chi connectivity index (χ0) is 20.1. The highest BCUT2D eigenvalue weighted by molar-refractivity contribution is 7.80. The van der Waals surface area contributed by atoms with Crippen molar-refractivity contribution in [3.8, 4) is 5.75 Å². The van der Waals surface area contributed by atoms with E-state index in [9.17, 15) is 13.2 Å². The molecule has 0 aliphatic heterocycles. The number of nitrogens with zero attached hydrogens (tertiary/aromatic N) is 2. The molecule has 2 N–H and O–H groups in total. The van der Waals surface area contributed by atoms with E-state index in [4.69, 9.17) is 12.2 Å². The van der Waals surface area contributed by atoms with E-state index < -0.39 is 6.61 Å². The van der Waals surface area contributed by atoms with Gasteiger partial charge in [-0.2, -0.15) is 13.9 Å². The van der Waals surface area contributed by atoms with E-state index in [0.29, 0.717) is 18.1 Å². The number of aryl methyl sites for hydroxylation is 1. The van der Waals surface area contributed by atoms with Crippen LogP contribution in [0.5, 0.6) is 5.75 Å². The Morgan fingerprint density at radius 2 is 1.89 bits per heavy atom. The van der Waals surface area contributed by atoms with Gasteiger partial charge in [0, 0.05) is 12.3 Å². The van der Waals surface area contributed by atoms with Crippen LogP contribution in [0.25, 0.3) is 0 Å². The molecule has 3 rings (SSSR count). The molecule has 2 aromatic carbocycles. The third kappa shape index (κ3) is 5.46. The van der Waals surface area contributed by atoms with Crippen molar-refractivity contribution in [2.75, 3.05) is 10.6 Å². The second-order valence-corrected chi connectivity index (χ2v) is 6.39. The van der Waals surface area contributed by atoms with Crippen molar-refractivity contribution >= 4 is 28.8 Å². The summed E-state index contributed by atoms with van der Waals surface area (Å²) >= 11 is 5.22. The van der Waals surface area contributed by atoms with Crippen LogP contribution in [0.4, 0.5) is 24.7 Å². The fourth-order valence-electron chi connectivity index (χ4n) is 2.49. The number of alkyl halides is 2. The minimum atomic E-state index is -2.94. The fourth-order valence-corrected chi connectivity index (χ4v) is 2.70. The minimum Gasteiger partial charge on any atom is -0.433 e. The smallest absolute Gasteiger partial charge is 0.387 e. The molecule has 1 heterocycles. The van der Waals surface area contributed by atoms with Gasteiger partial charge in [0.2, 0.25) is 0 Å². The number of nitrogens with one attached hydrogen (secondary N) is 2. The molecule has 0 aliphatic rings. The zero-order valence-electron chi connectivity index (χ0n) is 14.8. The van der Waals surface area contributed by atoms with Crippen LogP contribution in [-0.4, -0.2) is 21.5 Å².